The summed E-state index contributed by atoms with van der Waals surface area (Å²) in [6.45, 7) is 6.54. The summed E-state index contributed by atoms with van der Waals surface area (Å²) >= 11 is 0. The van der Waals surface area contributed by atoms with Crippen molar-refractivity contribution in [3.8, 4) is 0 Å². The lowest BCUT2D eigenvalue weighted by Crippen LogP contribution is -2.48. The number of piperazine rings is 1. The summed E-state index contributed by atoms with van der Waals surface area (Å²) in [5.74, 6) is 1.60. The second-order valence-corrected chi connectivity index (χ2v) is 5.67. The van der Waals surface area contributed by atoms with Gasteiger partial charge in [0.1, 0.15) is 0 Å². The Bertz CT molecular complexity index is 616. The molecule has 0 radical (unpaired) electrons. The van der Waals surface area contributed by atoms with E-state index in [1.807, 2.05) is 22.6 Å². The SMILES string of the molecule is CCc1nc(CN2CCN(C(=O)CCn3ccnc3)CC2)no1. The molecule has 0 unspecified atom stereocenters. The monoisotopic (exact) mass is 318 g/mol. The first kappa shape index (κ1) is 15.7. The van der Waals surface area contributed by atoms with Crippen molar-refractivity contribution >= 4 is 5.91 Å². The molecule has 3 rings (SSSR count). The van der Waals surface area contributed by atoms with E-state index in [2.05, 4.69) is 20.0 Å². The largest absolute Gasteiger partial charge is 0.340 e. The average molecular weight is 318 g/mol. The quantitative estimate of drug-likeness (QED) is 0.774. The molecule has 1 aliphatic heterocycles. The van der Waals surface area contributed by atoms with Gasteiger partial charge in [-0.25, -0.2) is 4.98 Å². The van der Waals surface area contributed by atoms with Crippen LogP contribution in [0.25, 0.3) is 0 Å². The average Bonchev–Trinajstić information content (AvgIpc) is 3.25. The zero-order valence-electron chi connectivity index (χ0n) is 13.4. The zero-order valence-corrected chi connectivity index (χ0v) is 13.4. The fourth-order valence-electron chi connectivity index (χ4n) is 2.66. The zero-order chi connectivity index (χ0) is 16.1. The van der Waals surface area contributed by atoms with Crippen LogP contribution >= 0.6 is 0 Å². The van der Waals surface area contributed by atoms with E-state index in [0.29, 0.717) is 25.4 Å². The Morgan fingerprint density at radius 1 is 1.30 bits per heavy atom. The second-order valence-electron chi connectivity index (χ2n) is 5.67. The number of rotatable bonds is 6. The normalized spacial score (nSPS) is 16.0. The maximum absolute atomic E-state index is 12.2. The van der Waals surface area contributed by atoms with E-state index in [1.165, 1.54) is 0 Å². The Balaban J connectivity index is 1.41. The summed E-state index contributed by atoms with van der Waals surface area (Å²) in [7, 11) is 0. The van der Waals surface area contributed by atoms with Crippen LogP contribution in [-0.4, -0.2) is 61.6 Å². The Labute approximate surface area is 135 Å². The van der Waals surface area contributed by atoms with Crippen LogP contribution in [0.4, 0.5) is 0 Å². The Morgan fingerprint density at radius 3 is 2.78 bits per heavy atom. The van der Waals surface area contributed by atoms with Gasteiger partial charge in [0.05, 0.1) is 12.9 Å². The molecule has 2 aromatic heterocycles. The molecular formula is C15H22N6O2. The Kier molecular flexibility index (Phi) is 5.02. The molecule has 0 aliphatic carbocycles. The van der Waals surface area contributed by atoms with Crippen LogP contribution in [0, 0.1) is 0 Å². The molecule has 0 bridgehead atoms. The van der Waals surface area contributed by atoms with E-state index in [0.717, 1.165) is 38.4 Å². The summed E-state index contributed by atoms with van der Waals surface area (Å²) < 4.78 is 7.05. The van der Waals surface area contributed by atoms with Gasteiger partial charge in [-0.15, -0.1) is 0 Å². The van der Waals surface area contributed by atoms with Crippen LogP contribution in [0.1, 0.15) is 25.1 Å². The number of imidazole rings is 1. The van der Waals surface area contributed by atoms with E-state index < -0.39 is 0 Å². The van der Waals surface area contributed by atoms with Gasteiger partial charge < -0.3 is 14.0 Å². The maximum atomic E-state index is 12.2. The van der Waals surface area contributed by atoms with Crippen LogP contribution in [-0.2, 0) is 24.3 Å². The first-order chi connectivity index (χ1) is 11.2. The molecule has 8 heteroatoms. The van der Waals surface area contributed by atoms with Gasteiger partial charge in [0.15, 0.2) is 5.82 Å². The molecule has 0 aromatic carbocycles. The Morgan fingerprint density at radius 2 is 2.13 bits per heavy atom. The van der Waals surface area contributed by atoms with Crippen LogP contribution < -0.4 is 0 Å². The number of carbonyl (C=O) groups excluding carboxylic acids is 1. The lowest BCUT2D eigenvalue weighted by atomic mass is 10.2. The molecule has 0 saturated carbocycles. The van der Waals surface area contributed by atoms with Crippen molar-refractivity contribution in [3.63, 3.8) is 0 Å². The van der Waals surface area contributed by atoms with Crippen LogP contribution in [0.3, 0.4) is 0 Å². The maximum Gasteiger partial charge on any atom is 0.226 e. The highest BCUT2D eigenvalue weighted by molar-refractivity contribution is 5.76. The molecule has 0 N–H and O–H groups in total. The van der Waals surface area contributed by atoms with Gasteiger partial charge >= 0.3 is 0 Å². The number of carbonyl (C=O) groups is 1. The topological polar surface area (TPSA) is 80.3 Å². The molecule has 2 aromatic rings. The minimum Gasteiger partial charge on any atom is -0.340 e. The molecule has 0 atom stereocenters. The van der Waals surface area contributed by atoms with Gasteiger partial charge in [-0.2, -0.15) is 4.98 Å². The standard InChI is InChI=1S/C15H22N6O2/c1-2-14-17-13(18-23-14)11-19-7-9-21(10-8-19)15(22)3-5-20-6-4-16-12-20/h4,6,12H,2-3,5,7-11H2,1H3. The van der Waals surface area contributed by atoms with Crippen molar-refractivity contribution in [1.29, 1.82) is 0 Å². The fraction of sp³-hybridized carbons (Fsp3) is 0.600. The summed E-state index contributed by atoms with van der Waals surface area (Å²) in [6.07, 6.45) is 6.61. The third kappa shape index (κ3) is 4.16. The van der Waals surface area contributed by atoms with E-state index in [9.17, 15) is 4.79 Å². The third-order valence-electron chi connectivity index (χ3n) is 4.05. The number of hydrogen-bond acceptors (Lipinski definition) is 6. The smallest absolute Gasteiger partial charge is 0.226 e. The molecule has 1 amide bonds. The molecular weight excluding hydrogens is 296 g/mol. The highest BCUT2D eigenvalue weighted by Crippen LogP contribution is 2.08. The van der Waals surface area contributed by atoms with E-state index >= 15 is 0 Å². The van der Waals surface area contributed by atoms with Crippen molar-refractivity contribution < 1.29 is 9.32 Å². The minimum atomic E-state index is 0.200. The van der Waals surface area contributed by atoms with E-state index in [4.69, 9.17) is 4.52 Å². The van der Waals surface area contributed by atoms with Gasteiger partial charge in [-0.05, 0) is 0 Å². The molecule has 23 heavy (non-hydrogen) atoms. The van der Waals surface area contributed by atoms with Gasteiger partial charge in [0, 0.05) is 58.0 Å². The number of nitrogens with zero attached hydrogens (tertiary/aromatic N) is 6. The molecule has 0 spiro atoms. The van der Waals surface area contributed by atoms with Crippen molar-refractivity contribution in [2.75, 3.05) is 26.2 Å². The van der Waals surface area contributed by atoms with Crippen LogP contribution in [0.2, 0.25) is 0 Å². The van der Waals surface area contributed by atoms with Crippen molar-refractivity contribution in [3.05, 3.63) is 30.4 Å². The van der Waals surface area contributed by atoms with Crippen LogP contribution in [0.5, 0.6) is 0 Å². The summed E-state index contributed by atoms with van der Waals surface area (Å²) in [5.41, 5.74) is 0. The summed E-state index contributed by atoms with van der Waals surface area (Å²) in [6, 6.07) is 0. The van der Waals surface area contributed by atoms with Gasteiger partial charge in [-0.1, -0.05) is 12.1 Å². The molecule has 1 saturated heterocycles. The van der Waals surface area contributed by atoms with Crippen molar-refractivity contribution in [2.45, 2.75) is 32.9 Å². The van der Waals surface area contributed by atoms with Crippen molar-refractivity contribution in [2.24, 2.45) is 0 Å². The first-order valence-electron chi connectivity index (χ1n) is 8.02. The number of amides is 1. The second kappa shape index (κ2) is 7.36. The molecule has 1 fully saturated rings. The fourth-order valence-corrected chi connectivity index (χ4v) is 2.66. The molecule has 1 aliphatic rings. The lowest BCUT2D eigenvalue weighted by molar-refractivity contribution is -0.133. The summed E-state index contributed by atoms with van der Waals surface area (Å²) in [5, 5.41) is 3.98. The van der Waals surface area contributed by atoms with Gasteiger partial charge in [0.25, 0.3) is 0 Å². The van der Waals surface area contributed by atoms with Crippen molar-refractivity contribution in [1.82, 2.24) is 29.5 Å². The van der Waals surface area contributed by atoms with Gasteiger partial charge in [-0.3, -0.25) is 9.69 Å². The predicted molar refractivity (Wildman–Crippen MR) is 82.4 cm³/mol. The van der Waals surface area contributed by atoms with E-state index in [-0.39, 0.29) is 5.91 Å². The first-order valence-corrected chi connectivity index (χ1v) is 8.02. The minimum absolute atomic E-state index is 0.200. The number of aromatic nitrogens is 4. The van der Waals surface area contributed by atoms with Gasteiger partial charge in [0.2, 0.25) is 11.8 Å². The highest BCUT2D eigenvalue weighted by Gasteiger charge is 2.22. The molecule has 3 heterocycles. The molecule has 8 nitrogen and oxygen atoms in total. The highest BCUT2D eigenvalue weighted by atomic mass is 16.5. The summed E-state index contributed by atoms with van der Waals surface area (Å²) in [4.78, 5) is 24.7. The lowest BCUT2D eigenvalue weighted by Gasteiger charge is -2.34. The number of hydrogen-bond donors (Lipinski definition) is 0. The van der Waals surface area contributed by atoms with Crippen LogP contribution in [0.15, 0.2) is 23.2 Å². The predicted octanol–water partition coefficient (Wildman–Crippen LogP) is 0.563. The molecule has 124 valence electrons. The van der Waals surface area contributed by atoms with E-state index in [1.54, 1.807) is 12.5 Å². The Hall–Kier alpha value is -2.22. The number of aryl methyl sites for hydroxylation is 2. The third-order valence-corrected chi connectivity index (χ3v) is 4.05.